The van der Waals surface area contributed by atoms with Crippen molar-refractivity contribution in [3.8, 4) is 51.0 Å². The van der Waals surface area contributed by atoms with E-state index in [2.05, 4.69) is 102 Å². The van der Waals surface area contributed by atoms with Crippen molar-refractivity contribution in [2.75, 3.05) is 0 Å². The summed E-state index contributed by atoms with van der Waals surface area (Å²) in [6.07, 6.45) is 6.67. The summed E-state index contributed by atoms with van der Waals surface area (Å²) in [4.78, 5) is 14.8. The lowest BCUT2D eigenvalue weighted by Crippen LogP contribution is -2.00. The third-order valence-corrected chi connectivity index (χ3v) is 9.73. The van der Waals surface area contributed by atoms with Crippen molar-refractivity contribution >= 4 is 38.9 Å². The molecule has 0 aliphatic heterocycles. The van der Waals surface area contributed by atoms with E-state index in [1.165, 1.54) is 22.2 Å². The van der Waals surface area contributed by atoms with Crippen LogP contribution in [-0.2, 0) is 6.42 Å². The Morgan fingerprint density at radius 2 is 1.18 bits per heavy atom. The Labute approximate surface area is 288 Å². The molecule has 0 radical (unpaired) electrons. The van der Waals surface area contributed by atoms with Gasteiger partial charge in [-0.2, -0.15) is 0 Å². The van der Waals surface area contributed by atoms with E-state index in [0.717, 1.165) is 68.3 Å². The summed E-state index contributed by atoms with van der Waals surface area (Å²) in [5, 5.41) is 3.50. The van der Waals surface area contributed by atoms with Crippen LogP contribution in [0.5, 0.6) is 0 Å². The van der Waals surface area contributed by atoms with Gasteiger partial charge in [-0.3, -0.25) is 0 Å². The average Bonchev–Trinajstić information content (AvgIpc) is 3.74. The highest BCUT2D eigenvalue weighted by molar-refractivity contribution is 6.13. The summed E-state index contributed by atoms with van der Waals surface area (Å²) >= 11 is 0. The summed E-state index contributed by atoms with van der Waals surface area (Å²) in [7, 11) is 0. The maximum atomic E-state index is 6.59. The van der Waals surface area contributed by atoms with E-state index in [1.807, 2.05) is 60.7 Å². The Bertz CT molecular complexity index is 2700. The standard InChI is InChI=1S/C45H30N4O/c1-3-13-29(14-4-1)43-46-44(30-15-5-2-6-16-30)48-45(47-43)32-18-11-17-31(27-32)34-21-12-24-40-42(34)37-26-25-33(28-41(37)50-40)49-38-22-9-7-19-35(38)36-20-8-10-23-39(36)49/h1-7,9-19,21-28H,8,20H2. The minimum Gasteiger partial charge on any atom is -0.456 e. The van der Waals surface area contributed by atoms with Gasteiger partial charge in [0.05, 0.1) is 5.52 Å². The number of hydrogen-bond acceptors (Lipinski definition) is 4. The van der Waals surface area contributed by atoms with Gasteiger partial charge in [-0.25, -0.2) is 15.0 Å². The minimum atomic E-state index is 0.629. The molecule has 50 heavy (non-hydrogen) atoms. The first-order valence-corrected chi connectivity index (χ1v) is 17.0. The van der Waals surface area contributed by atoms with E-state index in [-0.39, 0.29) is 0 Å². The van der Waals surface area contributed by atoms with Crippen LogP contribution in [0.15, 0.2) is 156 Å². The zero-order valence-electron chi connectivity index (χ0n) is 27.1. The molecule has 5 nitrogen and oxygen atoms in total. The number of aryl methyl sites for hydroxylation is 1. The highest BCUT2D eigenvalue weighted by Gasteiger charge is 2.20. The molecule has 3 heterocycles. The fourth-order valence-electron chi connectivity index (χ4n) is 7.42. The molecule has 6 aromatic carbocycles. The quantitative estimate of drug-likeness (QED) is 0.187. The molecule has 5 heteroatoms. The molecule has 0 amide bonds. The lowest BCUT2D eigenvalue weighted by atomic mass is 9.97. The van der Waals surface area contributed by atoms with Crippen LogP contribution in [0.25, 0.3) is 89.9 Å². The van der Waals surface area contributed by atoms with Crippen LogP contribution in [0.3, 0.4) is 0 Å². The van der Waals surface area contributed by atoms with Gasteiger partial charge in [-0.1, -0.05) is 115 Å². The van der Waals surface area contributed by atoms with Gasteiger partial charge in [0.15, 0.2) is 17.5 Å². The first-order valence-electron chi connectivity index (χ1n) is 17.0. The van der Waals surface area contributed by atoms with Gasteiger partial charge in [0.1, 0.15) is 11.2 Å². The zero-order valence-corrected chi connectivity index (χ0v) is 27.1. The molecule has 9 aromatic rings. The van der Waals surface area contributed by atoms with Gasteiger partial charge < -0.3 is 8.98 Å². The minimum absolute atomic E-state index is 0.629. The SMILES string of the molecule is C1=Cc2c(c3ccccc3n2-c2ccc3c(c2)oc2cccc(-c4cccc(-c5nc(-c6ccccc6)nc(-c6ccccc6)n5)c4)c23)CC1. The number of aromatic nitrogens is 4. The fourth-order valence-corrected chi connectivity index (χ4v) is 7.42. The number of rotatable bonds is 5. The summed E-state index contributed by atoms with van der Waals surface area (Å²) < 4.78 is 8.96. The average molecular weight is 643 g/mol. The molecular formula is C45H30N4O. The van der Waals surface area contributed by atoms with Crippen molar-refractivity contribution in [1.29, 1.82) is 0 Å². The van der Waals surface area contributed by atoms with Gasteiger partial charge in [-0.05, 0) is 65.9 Å². The van der Waals surface area contributed by atoms with E-state index in [0.29, 0.717) is 17.5 Å². The molecule has 3 aromatic heterocycles. The second kappa shape index (κ2) is 11.5. The smallest absolute Gasteiger partial charge is 0.164 e. The molecular weight excluding hydrogens is 613 g/mol. The molecule has 0 saturated heterocycles. The summed E-state index contributed by atoms with van der Waals surface area (Å²) in [5.74, 6) is 1.92. The Morgan fingerprint density at radius 3 is 1.96 bits per heavy atom. The van der Waals surface area contributed by atoms with Crippen LogP contribution in [0.2, 0.25) is 0 Å². The third-order valence-electron chi connectivity index (χ3n) is 9.73. The van der Waals surface area contributed by atoms with Crippen LogP contribution in [-0.4, -0.2) is 19.5 Å². The molecule has 0 atom stereocenters. The molecule has 0 unspecified atom stereocenters. The maximum absolute atomic E-state index is 6.59. The Morgan fingerprint density at radius 1 is 0.520 bits per heavy atom. The number of nitrogens with zero attached hydrogens (tertiary/aromatic N) is 4. The number of fused-ring (bicyclic) bond motifs is 6. The van der Waals surface area contributed by atoms with E-state index in [1.54, 1.807) is 0 Å². The van der Waals surface area contributed by atoms with Crippen LogP contribution >= 0.6 is 0 Å². The Kier molecular flexibility index (Phi) is 6.56. The summed E-state index contributed by atoms with van der Waals surface area (Å²) in [6.45, 7) is 0. The first kappa shape index (κ1) is 28.4. The van der Waals surface area contributed by atoms with Gasteiger partial charge in [0.2, 0.25) is 0 Å². The topological polar surface area (TPSA) is 56.7 Å². The molecule has 1 aliphatic rings. The second-order valence-corrected chi connectivity index (χ2v) is 12.7. The maximum Gasteiger partial charge on any atom is 0.164 e. The van der Waals surface area contributed by atoms with Gasteiger partial charge in [0.25, 0.3) is 0 Å². The van der Waals surface area contributed by atoms with Crippen LogP contribution in [0.1, 0.15) is 17.7 Å². The highest BCUT2D eigenvalue weighted by Crippen LogP contribution is 2.40. The van der Waals surface area contributed by atoms with Crippen molar-refractivity contribution in [3.05, 3.63) is 163 Å². The molecule has 0 saturated carbocycles. The molecule has 0 N–H and O–H groups in total. The largest absolute Gasteiger partial charge is 0.456 e. The van der Waals surface area contributed by atoms with Crippen LogP contribution in [0, 0.1) is 0 Å². The van der Waals surface area contributed by atoms with E-state index < -0.39 is 0 Å². The molecule has 236 valence electrons. The Hall–Kier alpha value is -6.59. The molecule has 0 bridgehead atoms. The van der Waals surface area contributed by atoms with Gasteiger partial charge in [-0.15, -0.1) is 0 Å². The van der Waals surface area contributed by atoms with Crippen molar-refractivity contribution < 1.29 is 4.42 Å². The normalized spacial score (nSPS) is 12.6. The number of furan rings is 1. The molecule has 1 aliphatic carbocycles. The molecule has 10 rings (SSSR count). The molecule has 0 fully saturated rings. The second-order valence-electron chi connectivity index (χ2n) is 12.7. The lowest BCUT2D eigenvalue weighted by molar-refractivity contribution is 0.668. The molecule has 0 spiro atoms. The monoisotopic (exact) mass is 642 g/mol. The van der Waals surface area contributed by atoms with E-state index >= 15 is 0 Å². The van der Waals surface area contributed by atoms with Crippen LogP contribution < -0.4 is 0 Å². The van der Waals surface area contributed by atoms with E-state index in [9.17, 15) is 0 Å². The highest BCUT2D eigenvalue weighted by atomic mass is 16.3. The predicted molar refractivity (Wildman–Crippen MR) is 203 cm³/mol. The number of para-hydroxylation sites is 1. The van der Waals surface area contributed by atoms with Crippen molar-refractivity contribution in [2.24, 2.45) is 0 Å². The number of hydrogen-bond donors (Lipinski definition) is 0. The lowest BCUT2D eigenvalue weighted by Gasteiger charge is -2.12. The summed E-state index contributed by atoms with van der Waals surface area (Å²) in [5.41, 5.74) is 11.7. The predicted octanol–water partition coefficient (Wildman–Crippen LogP) is 11.3. The van der Waals surface area contributed by atoms with Crippen LogP contribution in [0.4, 0.5) is 0 Å². The fraction of sp³-hybridized carbons (Fsp3) is 0.0444. The number of allylic oxidation sites excluding steroid dienone is 1. The van der Waals surface area contributed by atoms with Gasteiger partial charge in [0, 0.05) is 50.3 Å². The van der Waals surface area contributed by atoms with Crippen molar-refractivity contribution in [2.45, 2.75) is 12.8 Å². The summed E-state index contributed by atoms with van der Waals surface area (Å²) in [6, 6.07) is 50.2. The zero-order chi connectivity index (χ0) is 33.0. The van der Waals surface area contributed by atoms with Gasteiger partial charge >= 0.3 is 0 Å². The third kappa shape index (κ3) is 4.66. The van der Waals surface area contributed by atoms with Crippen molar-refractivity contribution in [3.63, 3.8) is 0 Å². The first-order chi connectivity index (χ1) is 24.8. The van der Waals surface area contributed by atoms with E-state index in [4.69, 9.17) is 19.4 Å². The number of benzene rings is 6. The Balaban J connectivity index is 1.11. The van der Waals surface area contributed by atoms with Crippen molar-refractivity contribution in [1.82, 2.24) is 19.5 Å².